The number of nitrogens with one attached hydrogen (secondary N) is 2. The Morgan fingerprint density at radius 1 is 1.42 bits per heavy atom. The largest absolute Gasteiger partial charge is 0.385 e. The lowest BCUT2D eigenvalue weighted by Gasteiger charge is -2.33. The van der Waals surface area contributed by atoms with E-state index in [9.17, 15) is 0 Å². The molecule has 2 heterocycles. The van der Waals surface area contributed by atoms with Crippen molar-refractivity contribution < 1.29 is 4.74 Å². The molecule has 1 saturated heterocycles. The smallest absolute Gasteiger partial charge is 0.191 e. The van der Waals surface area contributed by atoms with Gasteiger partial charge in [0.15, 0.2) is 5.96 Å². The summed E-state index contributed by atoms with van der Waals surface area (Å²) in [6.07, 6.45) is 3.48. The maximum Gasteiger partial charge on any atom is 0.191 e. The van der Waals surface area contributed by atoms with Crippen LogP contribution in [0.3, 0.4) is 0 Å². The number of methoxy groups -OCH3 is 1. The van der Waals surface area contributed by atoms with E-state index in [1.54, 1.807) is 18.4 Å². The summed E-state index contributed by atoms with van der Waals surface area (Å²) >= 11 is 1.76. The first-order valence-electron chi connectivity index (χ1n) is 9.51. The predicted molar refractivity (Wildman–Crippen MR) is 123 cm³/mol. The van der Waals surface area contributed by atoms with Crippen molar-refractivity contribution in [3.05, 3.63) is 22.4 Å². The van der Waals surface area contributed by atoms with Crippen LogP contribution >= 0.6 is 35.3 Å². The molecule has 1 aromatic heterocycles. The van der Waals surface area contributed by atoms with Crippen LogP contribution < -0.4 is 10.6 Å². The first-order chi connectivity index (χ1) is 12.2. The van der Waals surface area contributed by atoms with Gasteiger partial charge in [-0.25, -0.2) is 0 Å². The summed E-state index contributed by atoms with van der Waals surface area (Å²) in [4.78, 5) is 7.35. The Hall–Kier alpha value is -0.380. The molecule has 150 valence electrons. The second kappa shape index (κ2) is 13.7. The molecule has 0 aliphatic carbocycles. The molecule has 26 heavy (non-hydrogen) atoms. The van der Waals surface area contributed by atoms with Gasteiger partial charge in [0.2, 0.25) is 0 Å². The molecular formula is C19H35IN4OS. The van der Waals surface area contributed by atoms with Gasteiger partial charge in [0.05, 0.1) is 0 Å². The first kappa shape index (κ1) is 23.7. The highest BCUT2D eigenvalue weighted by Gasteiger charge is 2.19. The van der Waals surface area contributed by atoms with E-state index in [1.165, 1.54) is 18.4 Å². The third-order valence-electron chi connectivity index (χ3n) is 4.73. The van der Waals surface area contributed by atoms with Gasteiger partial charge < -0.3 is 20.3 Å². The lowest BCUT2D eigenvalue weighted by Crippen LogP contribution is -2.49. The average molecular weight is 494 g/mol. The van der Waals surface area contributed by atoms with Gasteiger partial charge in [-0.3, -0.25) is 4.99 Å². The zero-order chi connectivity index (χ0) is 17.9. The maximum atomic E-state index is 5.14. The lowest BCUT2D eigenvalue weighted by atomic mass is 10.0. The van der Waals surface area contributed by atoms with Crippen LogP contribution in [0.15, 0.2) is 21.8 Å². The maximum absolute atomic E-state index is 5.14. The molecule has 0 amide bonds. The van der Waals surface area contributed by atoms with Crippen molar-refractivity contribution in [2.45, 2.75) is 45.1 Å². The number of aliphatic imine (C=N–C) groups is 1. The molecule has 0 bridgehead atoms. The molecule has 2 N–H and O–H groups in total. The summed E-state index contributed by atoms with van der Waals surface area (Å²) in [5, 5.41) is 11.4. The number of nitrogens with zero attached hydrogens (tertiary/aromatic N) is 2. The van der Waals surface area contributed by atoms with Crippen molar-refractivity contribution in [1.29, 1.82) is 0 Å². The number of hydrogen-bond acceptors (Lipinski definition) is 4. The minimum Gasteiger partial charge on any atom is -0.385 e. The Morgan fingerprint density at radius 3 is 2.81 bits per heavy atom. The number of piperidine rings is 1. The normalized spacial score (nSPS) is 17.6. The van der Waals surface area contributed by atoms with E-state index >= 15 is 0 Å². The molecule has 1 aliphatic rings. The van der Waals surface area contributed by atoms with Crippen LogP contribution in [0.25, 0.3) is 0 Å². The summed E-state index contributed by atoms with van der Waals surface area (Å²) in [5.74, 6) is 1.42. The number of guanidine groups is 1. The fraction of sp³-hybridized carbons (Fsp3) is 0.737. The van der Waals surface area contributed by atoms with Gasteiger partial charge in [-0.05, 0) is 48.6 Å². The number of rotatable bonds is 9. The van der Waals surface area contributed by atoms with E-state index in [-0.39, 0.29) is 24.0 Å². The highest BCUT2D eigenvalue weighted by atomic mass is 127. The molecule has 0 spiro atoms. The van der Waals surface area contributed by atoms with E-state index in [0.717, 1.165) is 51.7 Å². The SMILES string of the molecule is CCNC(=NCC(C)c1ccsc1)NC1CCN(CCCOC)CC1.I. The van der Waals surface area contributed by atoms with Crippen LogP contribution in [-0.4, -0.2) is 63.3 Å². The minimum absolute atomic E-state index is 0. The standard InChI is InChI=1S/C19H34N4OS.HI/c1-4-20-19(21-14-16(2)17-8-13-25-15-17)22-18-6-10-23(11-7-18)9-5-12-24-3;/h8,13,15-16,18H,4-7,9-12,14H2,1-3H3,(H2,20,21,22);1H. The fourth-order valence-electron chi connectivity index (χ4n) is 3.14. The second-order valence-electron chi connectivity index (χ2n) is 6.78. The number of thiophene rings is 1. The number of halogens is 1. The molecule has 1 aromatic rings. The van der Waals surface area contributed by atoms with Crippen molar-refractivity contribution >= 4 is 41.3 Å². The third kappa shape index (κ3) is 8.54. The van der Waals surface area contributed by atoms with E-state index in [4.69, 9.17) is 9.73 Å². The van der Waals surface area contributed by atoms with Crippen molar-refractivity contribution in [1.82, 2.24) is 15.5 Å². The predicted octanol–water partition coefficient (Wildman–Crippen LogP) is 3.53. The van der Waals surface area contributed by atoms with Crippen LogP contribution in [-0.2, 0) is 4.74 Å². The molecular weight excluding hydrogens is 459 g/mol. The Labute approximate surface area is 180 Å². The van der Waals surface area contributed by atoms with E-state index < -0.39 is 0 Å². The van der Waals surface area contributed by atoms with Crippen LogP contribution in [0.2, 0.25) is 0 Å². The van der Waals surface area contributed by atoms with Crippen LogP contribution in [0, 0.1) is 0 Å². The summed E-state index contributed by atoms with van der Waals surface area (Å²) in [5.41, 5.74) is 1.38. The van der Waals surface area contributed by atoms with Gasteiger partial charge in [-0.15, -0.1) is 24.0 Å². The van der Waals surface area contributed by atoms with Crippen molar-refractivity contribution in [3.63, 3.8) is 0 Å². The van der Waals surface area contributed by atoms with Gasteiger partial charge >= 0.3 is 0 Å². The fourth-order valence-corrected chi connectivity index (χ4v) is 3.92. The lowest BCUT2D eigenvalue weighted by molar-refractivity contribution is 0.155. The second-order valence-corrected chi connectivity index (χ2v) is 7.56. The molecule has 2 rings (SSSR count). The highest BCUT2D eigenvalue weighted by Crippen LogP contribution is 2.18. The third-order valence-corrected chi connectivity index (χ3v) is 5.43. The zero-order valence-corrected chi connectivity index (χ0v) is 19.5. The molecule has 1 unspecified atom stereocenters. The molecule has 1 fully saturated rings. The van der Waals surface area contributed by atoms with Gasteiger partial charge in [-0.2, -0.15) is 11.3 Å². The number of likely N-dealkylation sites (tertiary alicyclic amines) is 1. The summed E-state index contributed by atoms with van der Waals surface area (Å²) < 4.78 is 5.14. The molecule has 7 heteroatoms. The number of ether oxygens (including phenoxy) is 1. The summed E-state index contributed by atoms with van der Waals surface area (Å²) in [7, 11) is 1.77. The Balaban J connectivity index is 0.00000338. The number of hydrogen-bond donors (Lipinski definition) is 2. The summed E-state index contributed by atoms with van der Waals surface area (Å²) in [6.45, 7) is 10.4. The van der Waals surface area contributed by atoms with Gasteiger partial charge in [0.1, 0.15) is 0 Å². The van der Waals surface area contributed by atoms with E-state index in [0.29, 0.717) is 12.0 Å². The highest BCUT2D eigenvalue weighted by molar-refractivity contribution is 14.0. The molecule has 5 nitrogen and oxygen atoms in total. The van der Waals surface area contributed by atoms with Gasteiger partial charge in [0, 0.05) is 58.4 Å². The molecule has 0 aromatic carbocycles. The minimum atomic E-state index is 0. The van der Waals surface area contributed by atoms with Crippen LogP contribution in [0.1, 0.15) is 44.6 Å². The molecule has 1 atom stereocenters. The Morgan fingerprint density at radius 2 is 2.19 bits per heavy atom. The topological polar surface area (TPSA) is 48.9 Å². The van der Waals surface area contributed by atoms with Crippen LogP contribution in [0.5, 0.6) is 0 Å². The Kier molecular flexibility index (Phi) is 12.5. The average Bonchev–Trinajstić information content (AvgIpc) is 3.16. The van der Waals surface area contributed by atoms with Gasteiger partial charge in [-0.1, -0.05) is 6.92 Å². The van der Waals surface area contributed by atoms with Crippen LogP contribution in [0.4, 0.5) is 0 Å². The molecule has 0 radical (unpaired) electrons. The molecule has 1 aliphatic heterocycles. The zero-order valence-electron chi connectivity index (χ0n) is 16.4. The van der Waals surface area contributed by atoms with Gasteiger partial charge in [0.25, 0.3) is 0 Å². The molecule has 0 saturated carbocycles. The van der Waals surface area contributed by atoms with Crippen molar-refractivity contribution in [2.75, 3.05) is 46.4 Å². The quantitative estimate of drug-likeness (QED) is 0.239. The Bertz CT molecular complexity index is 490. The van der Waals surface area contributed by atoms with Crippen molar-refractivity contribution in [3.8, 4) is 0 Å². The monoisotopic (exact) mass is 494 g/mol. The van der Waals surface area contributed by atoms with E-state index in [1.807, 2.05) is 0 Å². The van der Waals surface area contributed by atoms with Crippen molar-refractivity contribution in [2.24, 2.45) is 4.99 Å². The first-order valence-corrected chi connectivity index (χ1v) is 10.5. The summed E-state index contributed by atoms with van der Waals surface area (Å²) in [6, 6.07) is 2.72. The van der Waals surface area contributed by atoms with E-state index in [2.05, 4.69) is 46.2 Å².